The molecule has 0 spiro atoms. The van der Waals surface area contributed by atoms with E-state index in [-0.39, 0.29) is 22.5 Å². The number of aliphatic hydroxyl groups is 6. The Hall–Kier alpha value is -3.79. The van der Waals surface area contributed by atoms with Gasteiger partial charge in [-0.2, -0.15) is 0 Å². The molecule has 0 saturated carbocycles. The summed E-state index contributed by atoms with van der Waals surface area (Å²) in [5, 5.41) is 89.9. The molecule has 4 rings (SSSR count). The number of aliphatic hydroxyl groups excluding tert-OH is 6. The van der Waals surface area contributed by atoms with Gasteiger partial charge in [-0.15, -0.1) is 0 Å². The highest BCUT2D eigenvalue weighted by atomic mass is 32.2. The number of nitro groups is 2. The minimum absolute atomic E-state index is 0.0336. The normalized spacial score (nSPS) is 31.5. The number of nitro benzene ring substituents is 2. The number of benzene rings is 2. The van der Waals surface area contributed by atoms with Gasteiger partial charge in [0.15, 0.2) is 0 Å². The highest BCUT2D eigenvalue weighted by molar-refractivity contribution is 8.00. The van der Waals surface area contributed by atoms with Crippen LogP contribution < -0.4 is 10.6 Å². The maximum absolute atomic E-state index is 12.9. The Kier molecular flexibility index (Phi) is 11.0. The molecule has 2 amide bonds. The monoisotopic (exact) mass is 654 g/mol. The molecule has 0 aromatic heterocycles. The quantitative estimate of drug-likeness (QED) is 0.102. The largest absolute Gasteiger partial charge is 0.394 e. The summed E-state index contributed by atoms with van der Waals surface area (Å²) in [5.41, 5.74) is -3.40. The lowest BCUT2D eigenvalue weighted by Crippen LogP contribution is -2.66. The Labute approximate surface area is 257 Å². The number of hydrogen-bond donors (Lipinski definition) is 8. The minimum atomic E-state index is -1.70. The fourth-order valence-electron chi connectivity index (χ4n) is 4.81. The van der Waals surface area contributed by atoms with E-state index < -0.39 is 94.5 Å². The van der Waals surface area contributed by atoms with E-state index in [0.717, 1.165) is 24.3 Å². The summed E-state index contributed by atoms with van der Waals surface area (Å²) in [5.74, 6) is -1.64. The summed E-state index contributed by atoms with van der Waals surface area (Å²) in [6, 6.07) is 6.12. The number of hydrogen-bond acceptors (Lipinski definition) is 15. The summed E-state index contributed by atoms with van der Waals surface area (Å²) in [4.78, 5) is 46.2. The van der Waals surface area contributed by atoms with Gasteiger partial charge in [0.2, 0.25) is 0 Å². The van der Waals surface area contributed by atoms with Crippen molar-refractivity contribution in [2.75, 3.05) is 13.2 Å². The van der Waals surface area contributed by atoms with Crippen molar-refractivity contribution in [3.05, 3.63) is 79.9 Å². The third kappa shape index (κ3) is 7.54. The predicted molar refractivity (Wildman–Crippen MR) is 152 cm³/mol. The number of carbonyl (C=O) groups is 2. The summed E-state index contributed by atoms with van der Waals surface area (Å²) in [6.45, 7) is -1.51. The molecule has 18 nitrogen and oxygen atoms in total. The molecule has 0 aliphatic carbocycles. The minimum Gasteiger partial charge on any atom is -0.394 e. The van der Waals surface area contributed by atoms with Crippen LogP contribution in [0.2, 0.25) is 0 Å². The van der Waals surface area contributed by atoms with E-state index in [1.807, 2.05) is 0 Å². The van der Waals surface area contributed by atoms with Crippen LogP contribution in [0.3, 0.4) is 0 Å². The van der Waals surface area contributed by atoms with Gasteiger partial charge in [-0.25, -0.2) is 0 Å². The first-order valence-corrected chi connectivity index (χ1v) is 14.3. The molecular weight excluding hydrogens is 624 g/mol. The van der Waals surface area contributed by atoms with E-state index >= 15 is 0 Å². The highest BCUT2D eigenvalue weighted by Crippen LogP contribution is 2.37. The lowest BCUT2D eigenvalue weighted by atomic mass is 9.96. The molecular formula is C26H30N4O14S. The second kappa shape index (κ2) is 14.5. The lowest BCUT2D eigenvalue weighted by molar-refractivity contribution is -0.385. The highest BCUT2D eigenvalue weighted by Gasteiger charge is 2.50. The van der Waals surface area contributed by atoms with Crippen molar-refractivity contribution in [2.24, 2.45) is 0 Å². The van der Waals surface area contributed by atoms with Crippen molar-refractivity contribution in [2.45, 2.75) is 59.6 Å². The zero-order chi connectivity index (χ0) is 33.0. The molecule has 2 fully saturated rings. The van der Waals surface area contributed by atoms with E-state index in [4.69, 9.17) is 9.47 Å². The Morgan fingerprint density at radius 1 is 0.667 bits per heavy atom. The van der Waals surface area contributed by atoms with Crippen molar-refractivity contribution >= 4 is 35.0 Å². The van der Waals surface area contributed by atoms with Gasteiger partial charge in [0.05, 0.1) is 35.1 Å². The van der Waals surface area contributed by atoms with Crippen LogP contribution in [0.1, 0.15) is 20.7 Å². The molecule has 0 radical (unpaired) electrons. The van der Waals surface area contributed by atoms with Gasteiger partial charge in [0.25, 0.3) is 23.2 Å². The smallest absolute Gasteiger partial charge is 0.269 e. The van der Waals surface area contributed by atoms with E-state index in [0.29, 0.717) is 11.8 Å². The number of nitrogens with one attached hydrogen (secondary N) is 2. The van der Waals surface area contributed by atoms with Crippen LogP contribution >= 0.6 is 11.8 Å². The molecule has 2 saturated heterocycles. The fraction of sp³-hybridized carbons (Fsp3) is 0.462. The number of non-ortho nitro benzene ring substituents is 2. The SMILES string of the molecule is O=C(NC1[C@H](O)C(CO)O[C@H](S[C@@H]2OC(CO)[C@H](O)[C@H](NC(=O)c3ccc([N+](=O)[O-])cc3)C2O)[C@@H]1O)c1ccc([N+](=O)[O-])cc1. The number of carbonyl (C=O) groups excluding carboxylic acids is 2. The number of ether oxygens (including phenoxy) is 2. The molecule has 2 aliphatic heterocycles. The van der Waals surface area contributed by atoms with E-state index in [1.165, 1.54) is 24.3 Å². The van der Waals surface area contributed by atoms with E-state index in [9.17, 15) is 60.5 Å². The third-order valence-electron chi connectivity index (χ3n) is 7.31. The Bertz CT molecular complexity index is 1280. The molecule has 8 N–H and O–H groups in total. The van der Waals surface area contributed by atoms with Crippen molar-refractivity contribution in [1.29, 1.82) is 0 Å². The molecule has 0 bridgehead atoms. The molecule has 244 valence electrons. The first-order chi connectivity index (χ1) is 21.4. The average Bonchev–Trinajstić information content (AvgIpc) is 3.03. The Morgan fingerprint density at radius 3 is 1.29 bits per heavy atom. The zero-order valence-electron chi connectivity index (χ0n) is 23.1. The van der Waals surface area contributed by atoms with E-state index in [1.54, 1.807) is 0 Å². The van der Waals surface area contributed by atoms with E-state index in [2.05, 4.69) is 10.6 Å². The van der Waals surface area contributed by atoms with Crippen LogP contribution in [0.25, 0.3) is 0 Å². The molecule has 10 atom stereocenters. The van der Waals surface area contributed by atoms with Crippen LogP contribution in [0, 0.1) is 20.2 Å². The van der Waals surface area contributed by atoms with Gasteiger partial charge in [0, 0.05) is 35.4 Å². The van der Waals surface area contributed by atoms with Crippen LogP contribution in [0.4, 0.5) is 11.4 Å². The Balaban J connectivity index is 1.50. The van der Waals surface area contributed by atoms with Crippen molar-refractivity contribution in [3.63, 3.8) is 0 Å². The maximum Gasteiger partial charge on any atom is 0.269 e. The van der Waals surface area contributed by atoms with Crippen molar-refractivity contribution in [1.82, 2.24) is 10.6 Å². The molecule has 2 aromatic carbocycles. The van der Waals surface area contributed by atoms with Gasteiger partial charge >= 0.3 is 0 Å². The third-order valence-corrected chi connectivity index (χ3v) is 8.63. The molecule has 19 heteroatoms. The standard InChI is InChI=1S/C26H30N4O14S/c31-9-15-19(33)17(27-23(37)11-1-5-13(6-2-11)29(39)40)21(35)25(43-15)45-26-22(36)18(20(34)16(10-32)44-26)28-24(38)12-3-7-14(8-4-12)30(41)42/h1-8,15-22,25-26,31-36H,9-10H2,(H,27,37)(H,28,38)/t15?,16?,17-,18?,19-,20+,21?,22+,25-,26+/m0/s1. The van der Waals surface area contributed by atoms with Gasteiger partial charge in [-0.1, -0.05) is 11.8 Å². The summed E-state index contributed by atoms with van der Waals surface area (Å²) >= 11 is 0.622. The van der Waals surface area contributed by atoms with Gasteiger partial charge in [0.1, 0.15) is 47.5 Å². The second-order valence-electron chi connectivity index (χ2n) is 10.2. The number of nitrogens with zero attached hydrogens (tertiary/aromatic N) is 2. The summed E-state index contributed by atoms with van der Waals surface area (Å²) in [7, 11) is 0. The molecule has 45 heavy (non-hydrogen) atoms. The van der Waals surface area contributed by atoms with Gasteiger partial charge in [-0.05, 0) is 24.3 Å². The number of amides is 2. The Morgan fingerprint density at radius 2 is 1.00 bits per heavy atom. The summed E-state index contributed by atoms with van der Waals surface area (Å²) in [6.07, 6.45) is -9.32. The summed E-state index contributed by atoms with van der Waals surface area (Å²) < 4.78 is 11.2. The molecule has 2 aliphatic rings. The van der Waals surface area contributed by atoms with Crippen molar-refractivity contribution in [3.8, 4) is 0 Å². The predicted octanol–water partition coefficient (Wildman–Crippen LogP) is -1.99. The number of rotatable bonds is 10. The van der Waals surface area contributed by atoms with Gasteiger partial charge < -0.3 is 50.7 Å². The molecule has 4 unspecified atom stereocenters. The fourth-order valence-corrected chi connectivity index (χ4v) is 6.15. The second-order valence-corrected chi connectivity index (χ2v) is 11.4. The van der Waals surface area contributed by atoms with Crippen LogP contribution in [-0.2, 0) is 9.47 Å². The van der Waals surface area contributed by atoms with Crippen LogP contribution in [0.15, 0.2) is 48.5 Å². The molecule has 2 aromatic rings. The van der Waals surface area contributed by atoms with Crippen LogP contribution in [-0.4, -0.2) is 125 Å². The van der Waals surface area contributed by atoms with Crippen LogP contribution in [0.5, 0.6) is 0 Å². The lowest BCUT2D eigenvalue weighted by Gasteiger charge is -2.46. The number of thioether (sulfide) groups is 1. The van der Waals surface area contributed by atoms with Crippen molar-refractivity contribution < 1.29 is 59.5 Å². The first kappa shape index (κ1) is 34.1. The maximum atomic E-state index is 12.9. The molecule has 2 heterocycles. The zero-order valence-corrected chi connectivity index (χ0v) is 23.9. The topological polar surface area (TPSA) is 284 Å². The first-order valence-electron chi connectivity index (χ1n) is 13.4. The average molecular weight is 655 g/mol. The van der Waals surface area contributed by atoms with Gasteiger partial charge in [-0.3, -0.25) is 29.8 Å².